The fourth-order valence-electron chi connectivity index (χ4n) is 2.21. The predicted octanol–water partition coefficient (Wildman–Crippen LogP) is 3.32. The van der Waals surface area contributed by atoms with E-state index in [2.05, 4.69) is 36.8 Å². The van der Waals surface area contributed by atoms with Gasteiger partial charge in [-0.1, -0.05) is 6.07 Å². The molecule has 0 aliphatic rings. The summed E-state index contributed by atoms with van der Waals surface area (Å²) < 4.78 is 7.54. The molecular weight excluding hydrogens is 264 g/mol. The number of aromatic nitrogens is 2. The van der Waals surface area contributed by atoms with Crippen LogP contribution < -0.4 is 9.64 Å². The maximum absolute atomic E-state index is 8.92. The minimum Gasteiger partial charge on any atom is -0.439 e. The Morgan fingerprint density at radius 1 is 1.38 bits per heavy atom. The van der Waals surface area contributed by atoms with Gasteiger partial charge in [-0.15, -0.1) is 0 Å². The van der Waals surface area contributed by atoms with Crippen LogP contribution in [0.4, 0.5) is 5.82 Å². The Kier molecular flexibility index (Phi) is 4.49. The summed E-state index contributed by atoms with van der Waals surface area (Å²) in [5.41, 5.74) is 0.576. The highest BCUT2D eigenvalue weighted by Crippen LogP contribution is 2.26. The van der Waals surface area contributed by atoms with Gasteiger partial charge < -0.3 is 9.64 Å². The van der Waals surface area contributed by atoms with Crippen molar-refractivity contribution in [2.45, 2.75) is 26.8 Å². The number of aryl methyl sites for hydroxylation is 1. The number of nitrogens with zero attached hydrogens (tertiary/aromatic N) is 4. The molecule has 0 atom stereocenters. The van der Waals surface area contributed by atoms with Crippen molar-refractivity contribution in [2.75, 3.05) is 11.4 Å². The monoisotopic (exact) mass is 284 g/mol. The molecule has 0 aliphatic heterocycles. The van der Waals surface area contributed by atoms with Crippen molar-refractivity contribution in [1.29, 1.82) is 5.26 Å². The van der Waals surface area contributed by atoms with Gasteiger partial charge in [0, 0.05) is 25.7 Å². The SMILES string of the molecule is CCN(c1cc(Oc2cccc(C#N)c2)n(C)n1)C(C)C. The van der Waals surface area contributed by atoms with Crippen LogP contribution in [0.3, 0.4) is 0 Å². The van der Waals surface area contributed by atoms with Crippen LogP contribution >= 0.6 is 0 Å². The highest BCUT2D eigenvalue weighted by atomic mass is 16.5. The molecule has 1 aromatic carbocycles. The van der Waals surface area contributed by atoms with E-state index in [1.54, 1.807) is 22.9 Å². The molecule has 1 heterocycles. The van der Waals surface area contributed by atoms with E-state index in [1.165, 1.54) is 0 Å². The van der Waals surface area contributed by atoms with E-state index in [4.69, 9.17) is 10.00 Å². The summed E-state index contributed by atoms with van der Waals surface area (Å²) in [6.45, 7) is 7.26. The van der Waals surface area contributed by atoms with E-state index in [0.717, 1.165) is 12.4 Å². The number of hydrogen-bond donors (Lipinski definition) is 0. The molecule has 2 rings (SSSR count). The molecule has 0 spiro atoms. The van der Waals surface area contributed by atoms with Gasteiger partial charge in [-0.3, -0.25) is 0 Å². The van der Waals surface area contributed by atoms with E-state index in [1.807, 2.05) is 19.2 Å². The van der Waals surface area contributed by atoms with Crippen molar-refractivity contribution in [3.63, 3.8) is 0 Å². The molecule has 1 aromatic heterocycles. The summed E-state index contributed by atoms with van der Waals surface area (Å²) in [6.07, 6.45) is 0. The van der Waals surface area contributed by atoms with Crippen LogP contribution in [0.2, 0.25) is 0 Å². The van der Waals surface area contributed by atoms with Crippen LogP contribution in [0.25, 0.3) is 0 Å². The summed E-state index contributed by atoms with van der Waals surface area (Å²) >= 11 is 0. The summed E-state index contributed by atoms with van der Waals surface area (Å²) in [5.74, 6) is 2.18. The molecular formula is C16H20N4O. The number of hydrogen-bond acceptors (Lipinski definition) is 4. The van der Waals surface area contributed by atoms with E-state index >= 15 is 0 Å². The lowest BCUT2D eigenvalue weighted by Gasteiger charge is -2.24. The van der Waals surface area contributed by atoms with E-state index in [0.29, 0.717) is 23.2 Å². The average Bonchev–Trinajstić information content (AvgIpc) is 2.80. The first-order chi connectivity index (χ1) is 10.0. The topological polar surface area (TPSA) is 54.1 Å². The normalized spacial score (nSPS) is 10.5. The van der Waals surface area contributed by atoms with Crippen LogP contribution in [0.5, 0.6) is 11.6 Å². The van der Waals surface area contributed by atoms with Crippen molar-refractivity contribution in [3.8, 4) is 17.7 Å². The van der Waals surface area contributed by atoms with Crippen molar-refractivity contribution in [1.82, 2.24) is 9.78 Å². The molecule has 2 aromatic rings. The Hall–Kier alpha value is -2.48. The van der Waals surface area contributed by atoms with Crippen LogP contribution in [0, 0.1) is 11.3 Å². The third kappa shape index (κ3) is 3.34. The molecule has 5 nitrogen and oxygen atoms in total. The highest BCUT2D eigenvalue weighted by Gasteiger charge is 2.15. The lowest BCUT2D eigenvalue weighted by molar-refractivity contribution is 0.430. The first-order valence-electron chi connectivity index (χ1n) is 7.03. The molecule has 0 bridgehead atoms. The van der Waals surface area contributed by atoms with Gasteiger partial charge in [0.15, 0.2) is 5.82 Å². The van der Waals surface area contributed by atoms with Crippen molar-refractivity contribution in [2.24, 2.45) is 7.05 Å². The Bertz CT molecular complexity index is 655. The second-order valence-electron chi connectivity index (χ2n) is 5.09. The zero-order valence-electron chi connectivity index (χ0n) is 12.9. The van der Waals surface area contributed by atoms with Gasteiger partial charge in [0.1, 0.15) is 5.75 Å². The van der Waals surface area contributed by atoms with Gasteiger partial charge in [-0.05, 0) is 39.0 Å². The largest absolute Gasteiger partial charge is 0.439 e. The number of nitriles is 1. The van der Waals surface area contributed by atoms with Gasteiger partial charge in [0.05, 0.1) is 11.6 Å². The number of rotatable bonds is 5. The molecule has 0 saturated carbocycles. The van der Waals surface area contributed by atoms with Gasteiger partial charge in [0.25, 0.3) is 0 Å². The fraction of sp³-hybridized carbons (Fsp3) is 0.375. The van der Waals surface area contributed by atoms with Gasteiger partial charge in [-0.2, -0.15) is 10.4 Å². The van der Waals surface area contributed by atoms with Crippen molar-refractivity contribution in [3.05, 3.63) is 35.9 Å². The van der Waals surface area contributed by atoms with Gasteiger partial charge in [0.2, 0.25) is 5.88 Å². The molecule has 21 heavy (non-hydrogen) atoms. The van der Waals surface area contributed by atoms with E-state index in [9.17, 15) is 0 Å². The zero-order valence-corrected chi connectivity index (χ0v) is 12.9. The summed E-state index contributed by atoms with van der Waals surface area (Å²) in [4.78, 5) is 2.19. The second kappa shape index (κ2) is 6.31. The minimum atomic E-state index is 0.375. The standard InChI is InChI=1S/C16H20N4O/c1-5-20(12(2)3)15-10-16(19(4)18-15)21-14-8-6-7-13(9-14)11-17/h6-10,12H,5H2,1-4H3. The predicted molar refractivity (Wildman–Crippen MR) is 82.6 cm³/mol. The molecule has 0 aliphatic carbocycles. The first kappa shape index (κ1) is 14.9. The highest BCUT2D eigenvalue weighted by molar-refractivity contribution is 5.45. The van der Waals surface area contributed by atoms with Crippen LogP contribution in [-0.2, 0) is 7.05 Å². The summed E-state index contributed by atoms with van der Waals surface area (Å²) in [5, 5.41) is 13.4. The maximum atomic E-state index is 8.92. The van der Waals surface area contributed by atoms with Crippen LogP contribution in [-0.4, -0.2) is 22.4 Å². The van der Waals surface area contributed by atoms with Crippen LogP contribution in [0.1, 0.15) is 26.3 Å². The zero-order chi connectivity index (χ0) is 15.4. The van der Waals surface area contributed by atoms with E-state index in [-0.39, 0.29) is 0 Å². The molecule has 0 N–H and O–H groups in total. The molecule has 0 saturated heterocycles. The van der Waals surface area contributed by atoms with Gasteiger partial charge >= 0.3 is 0 Å². The van der Waals surface area contributed by atoms with Gasteiger partial charge in [-0.25, -0.2) is 4.68 Å². The summed E-state index contributed by atoms with van der Waals surface area (Å²) in [7, 11) is 1.85. The lowest BCUT2D eigenvalue weighted by atomic mass is 10.2. The van der Waals surface area contributed by atoms with Crippen LogP contribution in [0.15, 0.2) is 30.3 Å². The second-order valence-corrected chi connectivity index (χ2v) is 5.09. The first-order valence-corrected chi connectivity index (χ1v) is 7.03. The van der Waals surface area contributed by atoms with Crippen molar-refractivity contribution < 1.29 is 4.74 Å². The Balaban J connectivity index is 2.25. The maximum Gasteiger partial charge on any atom is 0.219 e. The Morgan fingerprint density at radius 3 is 2.76 bits per heavy atom. The third-order valence-electron chi connectivity index (χ3n) is 3.27. The Morgan fingerprint density at radius 2 is 2.14 bits per heavy atom. The van der Waals surface area contributed by atoms with E-state index < -0.39 is 0 Å². The smallest absolute Gasteiger partial charge is 0.219 e. The molecule has 5 heteroatoms. The van der Waals surface area contributed by atoms with Crippen molar-refractivity contribution >= 4 is 5.82 Å². The molecule has 0 radical (unpaired) electrons. The molecule has 0 amide bonds. The minimum absolute atomic E-state index is 0.375. The fourth-order valence-corrected chi connectivity index (χ4v) is 2.21. The number of anilines is 1. The molecule has 0 unspecified atom stereocenters. The summed E-state index contributed by atoms with van der Waals surface area (Å²) in [6, 6.07) is 11.5. The quantitative estimate of drug-likeness (QED) is 0.845. The molecule has 110 valence electrons. The lowest BCUT2D eigenvalue weighted by Crippen LogP contribution is -2.30. The third-order valence-corrected chi connectivity index (χ3v) is 3.27. The average molecular weight is 284 g/mol. The Labute approximate surface area is 125 Å². The molecule has 0 fully saturated rings. The number of benzene rings is 1. The number of ether oxygens (including phenoxy) is 1.